The Bertz CT molecular complexity index is 966. The second-order valence-electron chi connectivity index (χ2n) is 7.73. The number of para-hydroxylation sites is 1. The minimum absolute atomic E-state index is 0.0193. The van der Waals surface area contributed by atoms with Crippen molar-refractivity contribution < 1.29 is 50.0 Å². The van der Waals surface area contributed by atoms with Gasteiger partial charge in [0.05, 0.1) is 25.6 Å². The monoisotopic (exact) mass is 506 g/mol. The Labute approximate surface area is 208 Å². The Hall–Kier alpha value is -3.49. The summed E-state index contributed by atoms with van der Waals surface area (Å²) < 4.78 is 0. The minimum atomic E-state index is -1.92. The average molecular weight is 506 g/mol. The van der Waals surface area contributed by atoms with Crippen molar-refractivity contribution in [1.82, 2.24) is 10.2 Å². The Balaban J connectivity index is 0.00000205. The number of carboxylic acid groups (broad SMARTS) is 2. The number of aromatic carboxylic acids is 1. The van der Waals surface area contributed by atoms with Gasteiger partial charge in [-0.25, -0.2) is 4.79 Å². The molecule has 2 aromatic carbocycles. The number of aliphatic hydroxyl groups excluding tert-OH is 2. The van der Waals surface area contributed by atoms with Gasteiger partial charge in [-0.15, -0.1) is 0 Å². The molecular weight excluding hydrogens is 475 g/mol. The summed E-state index contributed by atoms with van der Waals surface area (Å²) in [6.45, 7) is 1.11. The molecule has 0 aliphatic carbocycles. The number of rotatable bonds is 13. The summed E-state index contributed by atoms with van der Waals surface area (Å²) in [6, 6.07) is 11.3. The third-order valence-corrected chi connectivity index (χ3v) is 5.12. The number of aromatic hydroxyl groups is 1. The minimum Gasteiger partial charge on any atom is -0.507 e. The number of carbonyl (C=O) groups excluding carboxylic acids is 1. The maximum atomic E-state index is 12.5. The van der Waals surface area contributed by atoms with E-state index in [2.05, 4.69) is 5.32 Å². The summed E-state index contributed by atoms with van der Waals surface area (Å²) in [5, 5.41) is 66.2. The number of carbonyl (C=O) groups is 3. The molecule has 1 amide bonds. The van der Waals surface area contributed by atoms with E-state index in [1.165, 1.54) is 18.2 Å². The maximum absolute atomic E-state index is 12.5. The lowest BCUT2D eigenvalue weighted by Gasteiger charge is -2.20. The Morgan fingerprint density at radius 2 is 1.56 bits per heavy atom. The normalized spacial score (nSPS) is 11.2. The van der Waals surface area contributed by atoms with Gasteiger partial charge in [0, 0.05) is 19.6 Å². The molecule has 2 rings (SSSR count). The highest BCUT2D eigenvalue weighted by atomic mass is 16.4. The molecule has 2 aromatic rings. The quantitative estimate of drug-likeness (QED) is 0.120. The van der Waals surface area contributed by atoms with E-state index in [4.69, 9.17) is 25.2 Å². The number of amides is 1. The van der Waals surface area contributed by atoms with E-state index in [0.717, 1.165) is 5.56 Å². The van der Waals surface area contributed by atoms with Crippen LogP contribution in [0.3, 0.4) is 0 Å². The standard InChI is InChI=1S/C22H29BN2O8.CH2O2/c26-10-8-25(9-11-27)14-16-6-4-15(5-7-16)12-20(28)24-19(23(32)33)13-17-2-1-3-18(21(17)29)22(30)31;2-1-3/h1-7,19,26-27,29,32-33H,8-14H2,(H,24,28)(H,30,31);1H,(H,2,3)/t19-;/m0./s1. The van der Waals surface area contributed by atoms with E-state index < -0.39 is 30.7 Å². The van der Waals surface area contributed by atoms with Crippen LogP contribution < -0.4 is 5.32 Å². The van der Waals surface area contributed by atoms with Crippen LogP contribution in [0, 0.1) is 0 Å². The van der Waals surface area contributed by atoms with Crippen LogP contribution >= 0.6 is 0 Å². The van der Waals surface area contributed by atoms with Gasteiger partial charge < -0.3 is 40.9 Å². The van der Waals surface area contributed by atoms with E-state index in [9.17, 15) is 24.7 Å². The van der Waals surface area contributed by atoms with E-state index in [1.54, 1.807) is 12.1 Å². The number of hydrogen-bond acceptors (Lipinski definition) is 9. The highest BCUT2D eigenvalue weighted by Crippen LogP contribution is 2.24. The van der Waals surface area contributed by atoms with Crippen molar-refractivity contribution in [1.29, 1.82) is 0 Å². The zero-order valence-corrected chi connectivity index (χ0v) is 19.5. The van der Waals surface area contributed by atoms with Crippen LogP contribution in [0.15, 0.2) is 42.5 Å². The maximum Gasteiger partial charge on any atom is 0.475 e. The number of phenols is 1. The molecule has 0 bridgehead atoms. The van der Waals surface area contributed by atoms with Gasteiger partial charge in [0.15, 0.2) is 0 Å². The molecule has 0 fully saturated rings. The van der Waals surface area contributed by atoms with Crippen LogP contribution in [0.1, 0.15) is 27.0 Å². The van der Waals surface area contributed by atoms with Gasteiger partial charge >= 0.3 is 13.1 Å². The van der Waals surface area contributed by atoms with Crippen LogP contribution in [0.25, 0.3) is 0 Å². The van der Waals surface area contributed by atoms with Crippen LogP contribution in [0.5, 0.6) is 5.75 Å². The van der Waals surface area contributed by atoms with E-state index in [-0.39, 0.29) is 43.7 Å². The third-order valence-electron chi connectivity index (χ3n) is 5.12. The van der Waals surface area contributed by atoms with Crippen molar-refractivity contribution in [2.24, 2.45) is 0 Å². The first-order chi connectivity index (χ1) is 17.2. The summed E-state index contributed by atoms with van der Waals surface area (Å²) >= 11 is 0. The highest BCUT2D eigenvalue weighted by Gasteiger charge is 2.27. The Morgan fingerprint density at radius 3 is 2.06 bits per heavy atom. The summed E-state index contributed by atoms with van der Waals surface area (Å²) in [5.41, 5.74) is 1.47. The fourth-order valence-electron chi connectivity index (χ4n) is 3.41. The lowest BCUT2D eigenvalue weighted by atomic mass is 9.75. The topological polar surface area (TPSA) is 208 Å². The van der Waals surface area contributed by atoms with E-state index >= 15 is 0 Å². The molecule has 0 radical (unpaired) electrons. The molecule has 196 valence electrons. The Kier molecular flexibility index (Phi) is 13.8. The zero-order chi connectivity index (χ0) is 27.1. The number of aliphatic hydroxyl groups is 2. The van der Waals surface area contributed by atoms with Crippen LogP contribution in [0.4, 0.5) is 0 Å². The molecule has 8 N–H and O–H groups in total. The van der Waals surface area contributed by atoms with Gasteiger partial charge in [-0.2, -0.15) is 0 Å². The van der Waals surface area contributed by atoms with Crippen molar-refractivity contribution in [2.75, 3.05) is 26.3 Å². The molecule has 1 atom stereocenters. The predicted molar refractivity (Wildman–Crippen MR) is 129 cm³/mol. The van der Waals surface area contributed by atoms with Crippen molar-refractivity contribution in [3.63, 3.8) is 0 Å². The predicted octanol–water partition coefficient (Wildman–Crippen LogP) is -1.14. The van der Waals surface area contributed by atoms with Crippen LogP contribution in [0.2, 0.25) is 0 Å². The largest absolute Gasteiger partial charge is 0.507 e. The lowest BCUT2D eigenvalue weighted by molar-refractivity contribution is -0.123. The lowest BCUT2D eigenvalue weighted by Crippen LogP contribution is -2.48. The Morgan fingerprint density at radius 1 is 1.00 bits per heavy atom. The van der Waals surface area contributed by atoms with Crippen LogP contribution in [-0.4, -0.2) is 98.2 Å². The first-order valence-corrected chi connectivity index (χ1v) is 11.0. The van der Waals surface area contributed by atoms with Crippen molar-refractivity contribution >= 4 is 25.5 Å². The molecule has 0 saturated heterocycles. The van der Waals surface area contributed by atoms with Crippen molar-refractivity contribution in [2.45, 2.75) is 25.3 Å². The van der Waals surface area contributed by atoms with Gasteiger partial charge in [-0.3, -0.25) is 14.5 Å². The van der Waals surface area contributed by atoms with Crippen molar-refractivity contribution in [3.8, 4) is 5.75 Å². The molecule has 0 heterocycles. The summed E-state index contributed by atoms with van der Waals surface area (Å²) in [6.07, 6.45) is -0.206. The fourth-order valence-corrected chi connectivity index (χ4v) is 3.41. The molecule has 13 heteroatoms. The molecule has 0 spiro atoms. The SMILES string of the molecule is O=C(Cc1ccc(CN(CCO)CCO)cc1)N[C@@H](Cc1cccc(C(=O)O)c1O)B(O)O.O=CO. The molecule has 0 aromatic heterocycles. The summed E-state index contributed by atoms with van der Waals surface area (Å²) in [4.78, 5) is 33.9. The first kappa shape index (κ1) is 30.5. The molecule has 36 heavy (non-hydrogen) atoms. The number of nitrogens with zero attached hydrogens (tertiary/aromatic N) is 1. The molecule has 12 nitrogen and oxygen atoms in total. The zero-order valence-electron chi connectivity index (χ0n) is 19.5. The third kappa shape index (κ3) is 10.4. The molecule has 0 aliphatic heterocycles. The number of hydrogen-bond donors (Lipinski definition) is 8. The molecule has 0 unspecified atom stereocenters. The van der Waals surface area contributed by atoms with Gasteiger partial charge in [-0.1, -0.05) is 36.4 Å². The number of nitrogens with one attached hydrogen (secondary N) is 1. The summed E-state index contributed by atoms with van der Waals surface area (Å²) in [7, 11) is -1.92. The molecule has 0 aliphatic rings. The van der Waals surface area contributed by atoms with Crippen LogP contribution in [-0.2, 0) is 29.0 Å². The highest BCUT2D eigenvalue weighted by molar-refractivity contribution is 6.43. The fraction of sp³-hybridized carbons (Fsp3) is 0.348. The van der Waals surface area contributed by atoms with Gasteiger partial charge in [-0.05, 0) is 29.2 Å². The number of carboxylic acids is 1. The van der Waals surface area contributed by atoms with Gasteiger partial charge in [0.25, 0.3) is 6.47 Å². The summed E-state index contributed by atoms with van der Waals surface area (Å²) in [5.74, 6) is -3.44. The molecule has 0 saturated carbocycles. The second-order valence-corrected chi connectivity index (χ2v) is 7.73. The molecular formula is C23H31BN2O10. The second kappa shape index (κ2) is 16.2. The smallest absolute Gasteiger partial charge is 0.475 e. The average Bonchev–Trinajstić information content (AvgIpc) is 2.81. The van der Waals surface area contributed by atoms with E-state index in [0.29, 0.717) is 25.2 Å². The van der Waals surface area contributed by atoms with Gasteiger partial charge in [0.1, 0.15) is 11.3 Å². The van der Waals surface area contributed by atoms with Gasteiger partial charge in [0.2, 0.25) is 5.91 Å². The number of benzene rings is 2. The first-order valence-electron chi connectivity index (χ1n) is 11.0. The van der Waals surface area contributed by atoms with E-state index in [1.807, 2.05) is 17.0 Å². The van der Waals surface area contributed by atoms with Crippen molar-refractivity contribution in [3.05, 3.63) is 64.7 Å².